The fraction of sp³-hybridized carbons (Fsp3) is 0.130. The second-order valence-corrected chi connectivity index (χ2v) is 8.50. The van der Waals surface area contributed by atoms with Crippen molar-refractivity contribution in [2.75, 3.05) is 0 Å². The van der Waals surface area contributed by atoms with Gasteiger partial charge >= 0.3 is 6.61 Å². The van der Waals surface area contributed by atoms with Crippen molar-refractivity contribution in [3.63, 3.8) is 0 Å². The highest BCUT2D eigenvalue weighted by atomic mass is 32.2. The van der Waals surface area contributed by atoms with E-state index in [1.807, 2.05) is 42.1 Å². The van der Waals surface area contributed by atoms with Gasteiger partial charge in [-0.3, -0.25) is 5.84 Å². The molecule has 0 bridgehead atoms. The molecule has 0 aromatic heterocycles. The molecule has 0 amide bonds. The van der Waals surface area contributed by atoms with Crippen LogP contribution in [0, 0.1) is 11.8 Å². The highest BCUT2D eigenvalue weighted by Gasteiger charge is 2.20. The Bertz CT molecular complexity index is 1220. The van der Waals surface area contributed by atoms with Crippen LogP contribution in [0.5, 0.6) is 5.75 Å². The van der Waals surface area contributed by atoms with E-state index < -0.39 is 16.6 Å². The third-order valence-corrected chi connectivity index (χ3v) is 5.83. The van der Waals surface area contributed by atoms with E-state index in [1.54, 1.807) is 24.3 Å². The molecule has 2 aromatic rings. The van der Waals surface area contributed by atoms with Crippen LogP contribution in [0.1, 0.15) is 30.0 Å². The zero-order valence-corrected chi connectivity index (χ0v) is 17.4. The summed E-state index contributed by atoms with van der Waals surface area (Å²) in [7, 11) is -3.70. The van der Waals surface area contributed by atoms with E-state index in [0.29, 0.717) is 5.56 Å². The van der Waals surface area contributed by atoms with Gasteiger partial charge in [0.15, 0.2) is 0 Å². The molecule has 0 unspecified atom stereocenters. The van der Waals surface area contributed by atoms with E-state index in [-0.39, 0.29) is 17.1 Å². The van der Waals surface area contributed by atoms with E-state index >= 15 is 0 Å². The lowest BCUT2D eigenvalue weighted by molar-refractivity contribution is -0.0498. The molecule has 5 nitrogen and oxygen atoms in total. The number of hydrogen-bond acceptors (Lipinski definition) is 4. The van der Waals surface area contributed by atoms with Crippen molar-refractivity contribution < 1.29 is 21.9 Å². The monoisotopic (exact) mass is 442 g/mol. The first-order valence-electron chi connectivity index (χ1n) is 9.24. The van der Waals surface area contributed by atoms with Gasteiger partial charge in [0.1, 0.15) is 5.75 Å². The van der Waals surface area contributed by atoms with Gasteiger partial charge in [-0.25, -0.2) is 8.42 Å². The zero-order chi connectivity index (χ0) is 22.4. The number of hydrogen-bond donors (Lipinski definition) is 2. The number of ether oxygens (including phenoxy) is 1. The number of halogens is 2. The number of alkyl halides is 2. The number of sulfonamides is 1. The Morgan fingerprint density at radius 3 is 2.48 bits per heavy atom. The van der Waals surface area contributed by atoms with Crippen LogP contribution in [0.3, 0.4) is 0 Å². The summed E-state index contributed by atoms with van der Waals surface area (Å²) >= 11 is 0. The number of hydrazine groups is 1. The second-order valence-electron chi connectivity index (χ2n) is 6.73. The van der Waals surface area contributed by atoms with Gasteiger partial charge in [0.25, 0.3) is 0 Å². The number of rotatable bonds is 5. The van der Waals surface area contributed by atoms with Crippen LogP contribution < -0.4 is 15.4 Å². The molecular weight excluding hydrogens is 422 g/mol. The van der Waals surface area contributed by atoms with Crippen molar-refractivity contribution in [1.82, 2.24) is 4.83 Å². The summed E-state index contributed by atoms with van der Waals surface area (Å²) in [5, 5.41) is 0. The van der Waals surface area contributed by atoms with Crippen molar-refractivity contribution in [2.24, 2.45) is 5.84 Å². The Morgan fingerprint density at radius 2 is 1.81 bits per heavy atom. The van der Waals surface area contributed by atoms with E-state index in [0.717, 1.165) is 22.3 Å². The highest BCUT2D eigenvalue weighted by Crippen LogP contribution is 2.28. The van der Waals surface area contributed by atoms with Gasteiger partial charge in [0.05, 0.1) is 4.91 Å². The molecule has 0 radical (unpaired) electrons. The molecule has 0 atom stereocenters. The average molecular weight is 442 g/mol. The first-order chi connectivity index (χ1) is 14.8. The molecule has 1 aliphatic carbocycles. The second kappa shape index (κ2) is 9.71. The van der Waals surface area contributed by atoms with Crippen molar-refractivity contribution in [3.05, 3.63) is 93.4 Å². The Labute approximate surface area is 179 Å². The molecule has 0 heterocycles. The molecule has 0 fully saturated rings. The van der Waals surface area contributed by atoms with Gasteiger partial charge in [0.2, 0.25) is 10.0 Å². The first-order valence-corrected chi connectivity index (χ1v) is 10.7. The quantitative estimate of drug-likeness (QED) is 0.415. The maximum absolute atomic E-state index is 12.2. The predicted octanol–water partition coefficient (Wildman–Crippen LogP) is 4.10. The van der Waals surface area contributed by atoms with E-state index in [2.05, 4.69) is 16.6 Å². The summed E-state index contributed by atoms with van der Waals surface area (Å²) in [5.41, 5.74) is 4.10. The number of benzene rings is 2. The normalized spacial score (nSPS) is 15.2. The summed E-state index contributed by atoms with van der Waals surface area (Å²) < 4.78 is 52.7. The van der Waals surface area contributed by atoms with Gasteiger partial charge in [-0.05, 0) is 66.1 Å². The smallest absolute Gasteiger partial charge is 0.387 e. The van der Waals surface area contributed by atoms with Gasteiger partial charge in [0, 0.05) is 17.5 Å². The fourth-order valence-electron chi connectivity index (χ4n) is 2.91. The third kappa shape index (κ3) is 6.12. The first kappa shape index (κ1) is 22.4. The summed E-state index contributed by atoms with van der Waals surface area (Å²) in [6.45, 7) is -0.957. The molecule has 3 rings (SSSR count). The summed E-state index contributed by atoms with van der Waals surface area (Å²) in [5.74, 6) is 11.2. The van der Waals surface area contributed by atoms with Crippen LogP contribution in [0.4, 0.5) is 8.78 Å². The number of allylic oxidation sites excluding steroid dienone is 5. The van der Waals surface area contributed by atoms with Gasteiger partial charge < -0.3 is 4.74 Å². The molecular formula is C23H20F2N2O3S. The molecule has 0 saturated carbocycles. The van der Waals surface area contributed by atoms with Gasteiger partial charge in [-0.1, -0.05) is 36.1 Å². The SMILES string of the molecule is CC1=CC=C(S(=O)(=O)NN)C/C1=C\c1cccc(C#Cc2ccc(OC(F)F)cc2)c1. The van der Waals surface area contributed by atoms with Crippen molar-refractivity contribution >= 4 is 16.1 Å². The van der Waals surface area contributed by atoms with E-state index in [9.17, 15) is 17.2 Å². The average Bonchev–Trinajstić information content (AvgIpc) is 2.74. The minimum absolute atomic E-state index is 0.0744. The van der Waals surface area contributed by atoms with Gasteiger partial charge in [-0.2, -0.15) is 13.6 Å². The molecule has 0 saturated heterocycles. The molecule has 160 valence electrons. The largest absolute Gasteiger partial charge is 0.435 e. The molecule has 1 aliphatic rings. The Hall–Kier alpha value is -3.25. The fourth-order valence-corrected chi connectivity index (χ4v) is 3.65. The lowest BCUT2D eigenvalue weighted by Gasteiger charge is -2.16. The lowest BCUT2D eigenvalue weighted by atomic mass is 9.96. The molecule has 8 heteroatoms. The molecule has 3 N–H and O–H groups in total. The lowest BCUT2D eigenvalue weighted by Crippen LogP contribution is -2.31. The van der Waals surface area contributed by atoms with E-state index in [1.165, 1.54) is 12.1 Å². The molecule has 0 spiro atoms. The molecule has 2 aromatic carbocycles. The summed E-state index contributed by atoms with van der Waals surface area (Å²) in [4.78, 5) is 2.04. The van der Waals surface area contributed by atoms with E-state index in [4.69, 9.17) is 5.84 Å². The summed E-state index contributed by atoms with van der Waals surface area (Å²) in [6.07, 6.45) is 5.43. The summed E-state index contributed by atoms with van der Waals surface area (Å²) in [6, 6.07) is 13.6. The van der Waals surface area contributed by atoms with Crippen LogP contribution in [-0.2, 0) is 10.0 Å². The van der Waals surface area contributed by atoms with Crippen LogP contribution >= 0.6 is 0 Å². The minimum Gasteiger partial charge on any atom is -0.435 e. The maximum atomic E-state index is 12.2. The standard InChI is InChI=1S/C23H20F2N2O3S/c1-16-5-12-22(31(28,29)27-26)15-20(16)14-19-4-2-3-18(13-19)7-6-17-8-10-21(11-9-17)30-23(24)25/h2-5,8-14,23,27H,15,26H2,1H3/b20-14+. The third-order valence-electron chi connectivity index (χ3n) is 4.55. The number of nitrogens with one attached hydrogen (secondary N) is 1. The van der Waals surface area contributed by atoms with Crippen LogP contribution in [0.15, 0.2) is 76.7 Å². The molecule has 31 heavy (non-hydrogen) atoms. The van der Waals surface area contributed by atoms with Crippen LogP contribution in [0.2, 0.25) is 0 Å². The van der Waals surface area contributed by atoms with Crippen LogP contribution in [-0.4, -0.2) is 15.0 Å². The Kier molecular flexibility index (Phi) is 7.02. The molecule has 0 aliphatic heterocycles. The predicted molar refractivity (Wildman–Crippen MR) is 116 cm³/mol. The Morgan fingerprint density at radius 1 is 1.10 bits per heavy atom. The topological polar surface area (TPSA) is 81.4 Å². The maximum Gasteiger partial charge on any atom is 0.387 e. The van der Waals surface area contributed by atoms with Crippen LogP contribution in [0.25, 0.3) is 6.08 Å². The van der Waals surface area contributed by atoms with Gasteiger partial charge in [-0.15, -0.1) is 0 Å². The zero-order valence-electron chi connectivity index (χ0n) is 16.6. The minimum atomic E-state index is -3.70. The van der Waals surface area contributed by atoms with Crippen molar-refractivity contribution in [3.8, 4) is 17.6 Å². The van der Waals surface area contributed by atoms with Crippen molar-refractivity contribution in [2.45, 2.75) is 20.0 Å². The highest BCUT2D eigenvalue weighted by molar-refractivity contribution is 7.93. The number of nitrogens with two attached hydrogens (primary N) is 1. The van der Waals surface area contributed by atoms with Crippen molar-refractivity contribution in [1.29, 1.82) is 0 Å². The Balaban J connectivity index is 1.79.